The summed E-state index contributed by atoms with van der Waals surface area (Å²) in [6.45, 7) is 8.97. The van der Waals surface area contributed by atoms with Crippen molar-refractivity contribution in [3.05, 3.63) is 0 Å². The van der Waals surface area contributed by atoms with E-state index in [1.54, 1.807) is 0 Å². The van der Waals surface area contributed by atoms with Crippen LogP contribution in [0.3, 0.4) is 0 Å². The monoisotopic (exact) mass is 311 g/mol. The number of amides is 2. The van der Waals surface area contributed by atoms with Crippen LogP contribution >= 0.6 is 0 Å². The van der Waals surface area contributed by atoms with Crippen molar-refractivity contribution >= 4 is 11.8 Å². The molecule has 4 N–H and O–H groups in total. The molecule has 0 spiro atoms. The normalized spacial score (nSPS) is 18.5. The van der Waals surface area contributed by atoms with Crippen molar-refractivity contribution in [1.29, 1.82) is 0 Å². The summed E-state index contributed by atoms with van der Waals surface area (Å²) in [5.74, 6) is 0.317. The van der Waals surface area contributed by atoms with Gasteiger partial charge in [-0.3, -0.25) is 9.59 Å². The molecule has 0 aromatic rings. The highest BCUT2D eigenvalue weighted by Crippen LogP contribution is 2.42. The van der Waals surface area contributed by atoms with E-state index >= 15 is 0 Å². The summed E-state index contributed by atoms with van der Waals surface area (Å²) in [6.07, 6.45) is 6.04. The van der Waals surface area contributed by atoms with Gasteiger partial charge in [0.25, 0.3) is 0 Å². The summed E-state index contributed by atoms with van der Waals surface area (Å²) >= 11 is 0. The molecule has 1 atom stereocenters. The maximum absolute atomic E-state index is 12.0. The van der Waals surface area contributed by atoms with Crippen molar-refractivity contribution in [3.8, 4) is 0 Å². The lowest BCUT2D eigenvalue weighted by atomic mass is 9.78. The van der Waals surface area contributed by atoms with Gasteiger partial charge in [0.1, 0.15) is 0 Å². The second-order valence-corrected chi connectivity index (χ2v) is 7.57. The van der Waals surface area contributed by atoms with Crippen molar-refractivity contribution < 1.29 is 9.59 Å². The predicted molar refractivity (Wildman–Crippen MR) is 89.2 cm³/mol. The highest BCUT2D eigenvalue weighted by Gasteiger charge is 2.34. The largest absolute Gasteiger partial charge is 0.354 e. The molecule has 1 saturated carbocycles. The van der Waals surface area contributed by atoms with E-state index in [9.17, 15) is 9.59 Å². The average Bonchev–Trinajstić information content (AvgIpc) is 2.89. The van der Waals surface area contributed by atoms with Gasteiger partial charge in [0.2, 0.25) is 11.8 Å². The lowest BCUT2D eigenvalue weighted by Gasteiger charge is -2.31. The Labute approximate surface area is 134 Å². The molecule has 1 aliphatic carbocycles. The molecule has 128 valence electrons. The maximum atomic E-state index is 12.0. The number of carbonyl (C=O) groups excluding carboxylic acids is 2. The van der Waals surface area contributed by atoms with Gasteiger partial charge in [0.15, 0.2) is 0 Å². The Morgan fingerprint density at radius 1 is 1.09 bits per heavy atom. The fourth-order valence-electron chi connectivity index (χ4n) is 3.38. The Kier molecular flexibility index (Phi) is 7.33. The van der Waals surface area contributed by atoms with Crippen LogP contribution in [0.25, 0.3) is 0 Å². The first kappa shape index (κ1) is 18.9. The molecule has 0 aliphatic heterocycles. The zero-order chi connectivity index (χ0) is 16.8. The Morgan fingerprint density at radius 3 is 2.18 bits per heavy atom. The molecule has 0 aromatic heterocycles. The van der Waals surface area contributed by atoms with Gasteiger partial charge in [-0.1, -0.05) is 40.5 Å². The smallest absolute Gasteiger partial charge is 0.239 e. The van der Waals surface area contributed by atoms with Crippen LogP contribution in [0.15, 0.2) is 0 Å². The quantitative estimate of drug-likeness (QED) is 0.639. The molecule has 1 aliphatic rings. The van der Waals surface area contributed by atoms with Crippen molar-refractivity contribution in [2.45, 2.75) is 65.8 Å². The van der Waals surface area contributed by atoms with Gasteiger partial charge < -0.3 is 16.4 Å². The van der Waals surface area contributed by atoms with E-state index in [0.29, 0.717) is 5.92 Å². The van der Waals surface area contributed by atoms with E-state index in [0.717, 1.165) is 13.0 Å². The van der Waals surface area contributed by atoms with Gasteiger partial charge in [-0.15, -0.1) is 0 Å². The third-order valence-corrected chi connectivity index (χ3v) is 4.61. The Hall–Kier alpha value is -1.10. The first-order chi connectivity index (χ1) is 10.3. The number of nitrogens with two attached hydrogens (primary N) is 1. The standard InChI is InChI=1S/C17H33N3O2/c1-12(2)9-17(7-5-6-8-17)11-20-14(21)10-19-16(22)15(18)13(3)4/h12-13,15H,5-11,18H2,1-4H3,(H,19,22)(H,20,21)/t15-/m0/s1. The van der Waals surface area contributed by atoms with Crippen LogP contribution in [0, 0.1) is 17.3 Å². The molecule has 2 amide bonds. The van der Waals surface area contributed by atoms with E-state index in [4.69, 9.17) is 5.73 Å². The van der Waals surface area contributed by atoms with Gasteiger partial charge in [-0.2, -0.15) is 0 Å². The first-order valence-corrected chi connectivity index (χ1v) is 8.56. The van der Waals surface area contributed by atoms with Crippen LogP contribution < -0.4 is 16.4 Å². The van der Waals surface area contributed by atoms with Crippen LogP contribution in [-0.2, 0) is 9.59 Å². The second kappa shape index (κ2) is 8.51. The topological polar surface area (TPSA) is 84.2 Å². The summed E-state index contributed by atoms with van der Waals surface area (Å²) in [5.41, 5.74) is 6.00. The van der Waals surface area contributed by atoms with E-state index in [2.05, 4.69) is 24.5 Å². The number of hydrogen-bond donors (Lipinski definition) is 3. The molecule has 22 heavy (non-hydrogen) atoms. The molecule has 0 bridgehead atoms. The minimum atomic E-state index is -0.560. The Morgan fingerprint density at radius 2 is 1.68 bits per heavy atom. The van der Waals surface area contributed by atoms with E-state index in [1.807, 2.05) is 13.8 Å². The summed E-state index contributed by atoms with van der Waals surface area (Å²) in [7, 11) is 0. The van der Waals surface area contributed by atoms with Crippen LogP contribution in [-0.4, -0.2) is 30.9 Å². The molecule has 0 heterocycles. The van der Waals surface area contributed by atoms with Gasteiger partial charge in [0, 0.05) is 6.54 Å². The van der Waals surface area contributed by atoms with Crippen molar-refractivity contribution in [2.75, 3.05) is 13.1 Å². The van der Waals surface area contributed by atoms with Crippen LogP contribution in [0.4, 0.5) is 0 Å². The lowest BCUT2D eigenvalue weighted by molar-refractivity contribution is -0.127. The molecule has 1 fully saturated rings. The van der Waals surface area contributed by atoms with E-state index in [-0.39, 0.29) is 29.7 Å². The predicted octanol–water partition coefficient (Wildman–Crippen LogP) is 1.81. The Balaban J connectivity index is 2.37. The van der Waals surface area contributed by atoms with Gasteiger partial charge in [-0.25, -0.2) is 0 Å². The van der Waals surface area contributed by atoms with Crippen LogP contribution in [0.2, 0.25) is 0 Å². The van der Waals surface area contributed by atoms with Crippen molar-refractivity contribution in [1.82, 2.24) is 10.6 Å². The summed E-state index contributed by atoms with van der Waals surface area (Å²) in [4.78, 5) is 23.7. The average molecular weight is 311 g/mol. The van der Waals surface area contributed by atoms with Gasteiger partial charge >= 0.3 is 0 Å². The number of hydrogen-bond acceptors (Lipinski definition) is 3. The van der Waals surface area contributed by atoms with E-state index in [1.165, 1.54) is 25.7 Å². The van der Waals surface area contributed by atoms with E-state index < -0.39 is 6.04 Å². The lowest BCUT2D eigenvalue weighted by Crippen LogP contribution is -2.48. The first-order valence-electron chi connectivity index (χ1n) is 8.56. The van der Waals surface area contributed by atoms with Gasteiger partial charge in [-0.05, 0) is 36.5 Å². The summed E-state index contributed by atoms with van der Waals surface area (Å²) in [6, 6.07) is -0.560. The van der Waals surface area contributed by atoms with Crippen LogP contribution in [0.5, 0.6) is 0 Å². The number of rotatable bonds is 8. The molecule has 5 nitrogen and oxygen atoms in total. The summed E-state index contributed by atoms with van der Waals surface area (Å²) in [5, 5.41) is 5.62. The van der Waals surface area contributed by atoms with Crippen molar-refractivity contribution in [3.63, 3.8) is 0 Å². The number of carbonyl (C=O) groups is 2. The Bertz CT molecular complexity index is 374. The molecule has 5 heteroatoms. The van der Waals surface area contributed by atoms with Crippen molar-refractivity contribution in [2.24, 2.45) is 23.0 Å². The van der Waals surface area contributed by atoms with Gasteiger partial charge in [0.05, 0.1) is 12.6 Å². The fourth-order valence-corrected chi connectivity index (χ4v) is 3.38. The fraction of sp³-hybridized carbons (Fsp3) is 0.882. The second-order valence-electron chi connectivity index (χ2n) is 7.57. The molecule has 0 unspecified atom stereocenters. The maximum Gasteiger partial charge on any atom is 0.239 e. The zero-order valence-corrected chi connectivity index (χ0v) is 14.6. The molecule has 1 rings (SSSR count). The zero-order valence-electron chi connectivity index (χ0n) is 14.6. The molecular formula is C17H33N3O2. The third-order valence-electron chi connectivity index (χ3n) is 4.61. The highest BCUT2D eigenvalue weighted by molar-refractivity contribution is 5.87. The summed E-state index contributed by atoms with van der Waals surface area (Å²) < 4.78 is 0. The molecule has 0 radical (unpaired) electrons. The minimum Gasteiger partial charge on any atom is -0.354 e. The molecule has 0 saturated heterocycles. The molecular weight excluding hydrogens is 278 g/mol. The SMILES string of the molecule is CC(C)CC1(CNC(=O)CNC(=O)[C@@H](N)C(C)C)CCCC1. The highest BCUT2D eigenvalue weighted by atomic mass is 16.2. The number of nitrogens with one attached hydrogen (secondary N) is 2. The minimum absolute atomic E-state index is 0.0109. The van der Waals surface area contributed by atoms with Crippen LogP contribution in [0.1, 0.15) is 59.8 Å². The molecule has 0 aromatic carbocycles. The third kappa shape index (κ3) is 5.95.